The molecular weight excluding hydrogens is 344 g/mol. The van der Waals surface area contributed by atoms with Crippen molar-refractivity contribution in [3.8, 4) is 5.75 Å². The van der Waals surface area contributed by atoms with Crippen LogP contribution in [0.25, 0.3) is 0 Å². The summed E-state index contributed by atoms with van der Waals surface area (Å²) in [6, 6.07) is 11.6. The van der Waals surface area contributed by atoms with Gasteiger partial charge in [-0.3, -0.25) is 0 Å². The summed E-state index contributed by atoms with van der Waals surface area (Å²) in [5.74, 6) is -0.316. The van der Waals surface area contributed by atoms with E-state index in [1.165, 1.54) is 0 Å². The van der Waals surface area contributed by atoms with Crippen LogP contribution >= 0.6 is 15.9 Å². The van der Waals surface area contributed by atoms with Gasteiger partial charge in [0, 0.05) is 10.9 Å². The second-order valence-corrected chi connectivity index (χ2v) is 6.40. The molecular formula is C18H19BrO3. The number of benzene rings is 2. The van der Waals surface area contributed by atoms with Gasteiger partial charge in [0.15, 0.2) is 6.10 Å². The first-order chi connectivity index (χ1) is 10.4. The molecule has 0 amide bonds. The third-order valence-electron chi connectivity index (χ3n) is 3.64. The monoisotopic (exact) mass is 362 g/mol. The average Bonchev–Trinajstić information content (AvgIpc) is 2.45. The van der Waals surface area contributed by atoms with Gasteiger partial charge in [-0.1, -0.05) is 34.1 Å². The third-order valence-corrected chi connectivity index (χ3v) is 4.17. The molecule has 116 valence electrons. The van der Waals surface area contributed by atoms with Gasteiger partial charge in [-0.15, -0.1) is 0 Å². The standard InChI is InChI=1S/C18H19BrO3/c1-11-8-12(2)13(3)16(9-11)22-17(18(20)21)10-14-4-6-15(19)7-5-14/h4-9,17H,10H2,1-3H3,(H,20,21)/t17-/m1/s1. The fraction of sp³-hybridized carbons (Fsp3) is 0.278. The van der Waals surface area contributed by atoms with Gasteiger partial charge in [0.1, 0.15) is 5.75 Å². The van der Waals surface area contributed by atoms with Crippen LogP contribution in [0.4, 0.5) is 0 Å². The summed E-state index contributed by atoms with van der Waals surface area (Å²) < 4.78 is 6.76. The summed E-state index contributed by atoms with van der Waals surface area (Å²) in [6.07, 6.45) is -0.573. The minimum atomic E-state index is -0.957. The molecule has 3 nitrogen and oxygen atoms in total. The van der Waals surface area contributed by atoms with Crippen molar-refractivity contribution in [2.75, 3.05) is 0 Å². The van der Waals surface area contributed by atoms with Crippen molar-refractivity contribution in [3.05, 3.63) is 63.1 Å². The first-order valence-electron chi connectivity index (χ1n) is 7.08. The number of carbonyl (C=O) groups is 1. The predicted molar refractivity (Wildman–Crippen MR) is 90.6 cm³/mol. The fourth-order valence-electron chi connectivity index (χ4n) is 2.29. The Labute approximate surface area is 139 Å². The number of rotatable bonds is 5. The van der Waals surface area contributed by atoms with E-state index in [-0.39, 0.29) is 0 Å². The summed E-state index contributed by atoms with van der Waals surface area (Å²) in [6.45, 7) is 5.92. The molecule has 0 aliphatic carbocycles. The Morgan fingerprint density at radius 2 is 1.82 bits per heavy atom. The molecule has 0 spiro atoms. The zero-order chi connectivity index (χ0) is 16.3. The Bertz CT molecular complexity index is 677. The minimum Gasteiger partial charge on any atom is -0.478 e. The van der Waals surface area contributed by atoms with E-state index in [4.69, 9.17) is 4.74 Å². The number of aliphatic carboxylic acids is 1. The summed E-state index contributed by atoms with van der Waals surface area (Å²) in [4.78, 5) is 11.5. The number of ether oxygens (including phenoxy) is 1. The second-order valence-electron chi connectivity index (χ2n) is 5.48. The van der Waals surface area contributed by atoms with Crippen LogP contribution in [-0.4, -0.2) is 17.2 Å². The van der Waals surface area contributed by atoms with Crippen LogP contribution in [0, 0.1) is 20.8 Å². The largest absolute Gasteiger partial charge is 0.478 e. The Balaban J connectivity index is 2.22. The van der Waals surface area contributed by atoms with Crippen molar-refractivity contribution in [1.29, 1.82) is 0 Å². The number of hydrogen-bond donors (Lipinski definition) is 1. The van der Waals surface area contributed by atoms with Gasteiger partial charge < -0.3 is 9.84 Å². The van der Waals surface area contributed by atoms with Crippen molar-refractivity contribution in [2.24, 2.45) is 0 Å². The molecule has 0 radical (unpaired) electrons. The van der Waals surface area contributed by atoms with E-state index in [0.29, 0.717) is 12.2 Å². The highest BCUT2D eigenvalue weighted by Crippen LogP contribution is 2.25. The summed E-state index contributed by atoms with van der Waals surface area (Å²) >= 11 is 3.37. The average molecular weight is 363 g/mol. The number of hydrogen-bond acceptors (Lipinski definition) is 2. The molecule has 1 atom stereocenters. The molecule has 2 aromatic rings. The van der Waals surface area contributed by atoms with Gasteiger partial charge in [0.25, 0.3) is 0 Å². The topological polar surface area (TPSA) is 46.5 Å². The smallest absolute Gasteiger partial charge is 0.345 e. The minimum absolute atomic E-state index is 0.328. The molecule has 0 heterocycles. The lowest BCUT2D eigenvalue weighted by Crippen LogP contribution is -2.29. The zero-order valence-electron chi connectivity index (χ0n) is 12.9. The van der Waals surface area contributed by atoms with Gasteiger partial charge in [0.2, 0.25) is 0 Å². The Morgan fingerprint density at radius 1 is 1.18 bits per heavy atom. The quantitative estimate of drug-likeness (QED) is 0.854. The molecule has 0 aliphatic heterocycles. The Morgan fingerprint density at radius 3 is 2.41 bits per heavy atom. The van der Waals surface area contributed by atoms with E-state index in [1.54, 1.807) is 0 Å². The summed E-state index contributed by atoms with van der Waals surface area (Å²) in [5.41, 5.74) is 4.07. The highest BCUT2D eigenvalue weighted by Gasteiger charge is 2.21. The molecule has 2 aromatic carbocycles. The van der Waals surface area contributed by atoms with E-state index >= 15 is 0 Å². The molecule has 0 bridgehead atoms. The van der Waals surface area contributed by atoms with E-state index in [0.717, 1.165) is 26.7 Å². The van der Waals surface area contributed by atoms with E-state index in [1.807, 2.05) is 51.1 Å². The van der Waals surface area contributed by atoms with E-state index in [9.17, 15) is 9.90 Å². The van der Waals surface area contributed by atoms with Crippen LogP contribution < -0.4 is 4.74 Å². The highest BCUT2D eigenvalue weighted by atomic mass is 79.9. The molecule has 0 unspecified atom stereocenters. The van der Waals surface area contributed by atoms with Gasteiger partial charge in [-0.2, -0.15) is 0 Å². The lowest BCUT2D eigenvalue weighted by Gasteiger charge is -2.18. The maximum atomic E-state index is 11.5. The van der Waals surface area contributed by atoms with Gasteiger partial charge in [-0.25, -0.2) is 4.79 Å². The van der Waals surface area contributed by atoms with Crippen LogP contribution in [0.15, 0.2) is 40.9 Å². The van der Waals surface area contributed by atoms with Crippen LogP contribution in [-0.2, 0) is 11.2 Å². The van der Waals surface area contributed by atoms with Crippen molar-refractivity contribution in [3.63, 3.8) is 0 Å². The zero-order valence-corrected chi connectivity index (χ0v) is 14.5. The molecule has 0 aliphatic rings. The van der Waals surface area contributed by atoms with E-state index < -0.39 is 12.1 Å². The molecule has 22 heavy (non-hydrogen) atoms. The fourth-order valence-corrected chi connectivity index (χ4v) is 2.55. The molecule has 0 fully saturated rings. The third kappa shape index (κ3) is 4.10. The molecule has 2 rings (SSSR count). The van der Waals surface area contributed by atoms with Crippen LogP contribution in [0.1, 0.15) is 22.3 Å². The highest BCUT2D eigenvalue weighted by molar-refractivity contribution is 9.10. The van der Waals surface area contributed by atoms with Gasteiger partial charge >= 0.3 is 5.97 Å². The predicted octanol–water partition coefficient (Wildman–Crippen LogP) is 4.45. The number of aryl methyl sites for hydroxylation is 2. The molecule has 0 aromatic heterocycles. The number of carboxylic acid groups (broad SMARTS) is 1. The summed E-state index contributed by atoms with van der Waals surface area (Å²) in [7, 11) is 0. The SMILES string of the molecule is Cc1cc(C)c(C)c(O[C@H](Cc2ccc(Br)cc2)C(=O)O)c1. The lowest BCUT2D eigenvalue weighted by atomic mass is 10.0. The Kier molecular flexibility index (Phi) is 5.24. The van der Waals surface area contributed by atoms with Crippen LogP contribution in [0.3, 0.4) is 0 Å². The first kappa shape index (κ1) is 16.6. The maximum absolute atomic E-state index is 11.5. The van der Waals surface area contributed by atoms with E-state index in [2.05, 4.69) is 22.0 Å². The molecule has 4 heteroatoms. The molecule has 1 N–H and O–H groups in total. The lowest BCUT2D eigenvalue weighted by molar-refractivity contribution is -0.145. The van der Waals surface area contributed by atoms with Gasteiger partial charge in [0.05, 0.1) is 0 Å². The Hall–Kier alpha value is -1.81. The van der Waals surface area contributed by atoms with Crippen LogP contribution in [0.2, 0.25) is 0 Å². The van der Waals surface area contributed by atoms with Crippen molar-refractivity contribution >= 4 is 21.9 Å². The first-order valence-corrected chi connectivity index (χ1v) is 7.88. The summed E-state index contributed by atoms with van der Waals surface area (Å²) in [5, 5.41) is 9.45. The van der Waals surface area contributed by atoms with Crippen LogP contribution in [0.5, 0.6) is 5.75 Å². The van der Waals surface area contributed by atoms with Crippen molar-refractivity contribution in [1.82, 2.24) is 0 Å². The number of carboxylic acids is 1. The second kappa shape index (κ2) is 6.97. The van der Waals surface area contributed by atoms with Crippen molar-refractivity contribution < 1.29 is 14.6 Å². The normalized spacial score (nSPS) is 12.0. The maximum Gasteiger partial charge on any atom is 0.345 e. The molecule has 0 saturated heterocycles. The van der Waals surface area contributed by atoms with Crippen molar-refractivity contribution in [2.45, 2.75) is 33.3 Å². The number of halogens is 1. The van der Waals surface area contributed by atoms with Gasteiger partial charge in [-0.05, 0) is 61.2 Å². The molecule has 0 saturated carbocycles.